The Kier molecular flexibility index (Phi) is 31.6. The van der Waals surface area contributed by atoms with Gasteiger partial charge in [0.15, 0.2) is 0 Å². The molecule has 0 heterocycles. The molecule has 0 bridgehead atoms. The van der Waals surface area contributed by atoms with Crippen LogP contribution in [0.3, 0.4) is 0 Å². The number of carbonyl (C=O) groups excluding carboxylic acids is 2. The minimum absolute atomic E-state index is 0.224. The summed E-state index contributed by atoms with van der Waals surface area (Å²) in [5.74, 6) is 15.9. The first-order valence-corrected chi connectivity index (χ1v) is 19.7. The SMILES string of the molecule is CC(C)CCCC(C)CCNC(=O)CCCCCCCCC#CC#CCCCCCCCCC(=O)NCCC(C)CCCC(C)C. The fraction of sp³-hybridized carbons (Fsp3) is 0.857. The average Bonchev–Trinajstić information content (AvgIpc) is 2.99. The minimum Gasteiger partial charge on any atom is -0.356 e. The highest BCUT2D eigenvalue weighted by Crippen LogP contribution is 2.16. The van der Waals surface area contributed by atoms with E-state index < -0.39 is 0 Å². The van der Waals surface area contributed by atoms with E-state index in [1.54, 1.807) is 0 Å². The van der Waals surface area contributed by atoms with E-state index in [0.717, 1.165) is 89.1 Å². The van der Waals surface area contributed by atoms with E-state index in [9.17, 15) is 9.59 Å². The molecule has 0 rings (SSSR count). The third-order valence-corrected chi connectivity index (χ3v) is 9.03. The molecule has 2 unspecified atom stereocenters. The zero-order valence-electron chi connectivity index (χ0n) is 31.5. The van der Waals surface area contributed by atoms with Crippen molar-refractivity contribution in [1.29, 1.82) is 0 Å². The standard InChI is InChI=1S/C42H76N2O2/c1-37(2)27-25-29-39(5)33-35-43-41(45)31-23-21-19-17-15-13-11-9-7-8-10-12-14-16-18-20-22-24-32-42(46)44-36-34-40(6)30-26-28-38(3)4/h37-40H,11-36H2,1-6H3,(H,43,45)(H,44,46). The first kappa shape index (κ1) is 44.1. The minimum atomic E-state index is 0.224. The smallest absolute Gasteiger partial charge is 0.219 e. The molecule has 0 fully saturated rings. The van der Waals surface area contributed by atoms with Gasteiger partial charge in [-0.15, -0.1) is 0 Å². The second-order valence-corrected chi connectivity index (χ2v) is 15.0. The Morgan fingerprint density at radius 1 is 0.435 bits per heavy atom. The highest BCUT2D eigenvalue weighted by Gasteiger charge is 2.07. The number of hydrogen-bond donors (Lipinski definition) is 2. The second kappa shape index (κ2) is 33.0. The van der Waals surface area contributed by atoms with E-state index in [1.165, 1.54) is 77.0 Å². The summed E-state index contributed by atoms with van der Waals surface area (Å²) in [7, 11) is 0. The number of amides is 2. The van der Waals surface area contributed by atoms with Crippen LogP contribution in [0.4, 0.5) is 0 Å². The van der Waals surface area contributed by atoms with Gasteiger partial charge >= 0.3 is 0 Å². The highest BCUT2D eigenvalue weighted by molar-refractivity contribution is 5.76. The van der Waals surface area contributed by atoms with Gasteiger partial charge in [-0.3, -0.25) is 9.59 Å². The summed E-state index contributed by atoms with van der Waals surface area (Å²) in [6.45, 7) is 15.4. The molecule has 266 valence electrons. The van der Waals surface area contributed by atoms with Crippen molar-refractivity contribution in [2.45, 2.75) is 196 Å². The molecule has 4 heteroatoms. The topological polar surface area (TPSA) is 58.2 Å². The molecule has 0 aliphatic heterocycles. The van der Waals surface area contributed by atoms with Crippen LogP contribution in [0.1, 0.15) is 196 Å². The molecule has 0 aromatic heterocycles. The van der Waals surface area contributed by atoms with E-state index in [4.69, 9.17) is 0 Å². The summed E-state index contributed by atoms with van der Waals surface area (Å²) < 4.78 is 0. The van der Waals surface area contributed by atoms with Crippen LogP contribution < -0.4 is 10.6 Å². The average molecular weight is 641 g/mol. The van der Waals surface area contributed by atoms with Crippen LogP contribution in [0, 0.1) is 47.4 Å². The molecule has 0 radical (unpaired) electrons. The number of rotatable bonds is 30. The van der Waals surface area contributed by atoms with Crippen molar-refractivity contribution >= 4 is 11.8 Å². The van der Waals surface area contributed by atoms with Crippen LogP contribution in [0.25, 0.3) is 0 Å². The van der Waals surface area contributed by atoms with Gasteiger partial charge in [0, 0.05) is 38.8 Å². The molecule has 2 atom stereocenters. The third-order valence-electron chi connectivity index (χ3n) is 9.03. The Labute approximate surface area is 287 Å². The number of unbranched alkanes of at least 4 members (excludes halogenated alkanes) is 12. The molecule has 0 saturated heterocycles. The zero-order chi connectivity index (χ0) is 34.1. The van der Waals surface area contributed by atoms with Gasteiger partial charge in [-0.25, -0.2) is 0 Å². The van der Waals surface area contributed by atoms with Crippen molar-refractivity contribution in [1.82, 2.24) is 10.6 Å². The van der Waals surface area contributed by atoms with Gasteiger partial charge in [0.05, 0.1) is 0 Å². The largest absolute Gasteiger partial charge is 0.356 e. The van der Waals surface area contributed by atoms with Gasteiger partial charge in [0.1, 0.15) is 0 Å². The zero-order valence-corrected chi connectivity index (χ0v) is 31.5. The van der Waals surface area contributed by atoms with Crippen molar-refractivity contribution in [2.24, 2.45) is 23.7 Å². The van der Waals surface area contributed by atoms with Gasteiger partial charge in [-0.2, -0.15) is 0 Å². The van der Waals surface area contributed by atoms with Gasteiger partial charge in [0.25, 0.3) is 0 Å². The Morgan fingerprint density at radius 3 is 1.15 bits per heavy atom. The molecule has 2 N–H and O–H groups in total. The fourth-order valence-electron chi connectivity index (χ4n) is 5.76. The van der Waals surface area contributed by atoms with Crippen LogP contribution in [0.15, 0.2) is 0 Å². The first-order valence-electron chi connectivity index (χ1n) is 19.7. The van der Waals surface area contributed by atoms with Gasteiger partial charge in [-0.1, -0.05) is 143 Å². The molecule has 0 aromatic rings. The van der Waals surface area contributed by atoms with Crippen LogP contribution in [0.2, 0.25) is 0 Å². The molecule has 0 spiro atoms. The van der Waals surface area contributed by atoms with Gasteiger partial charge < -0.3 is 10.6 Å². The first-order chi connectivity index (χ1) is 22.2. The molecular weight excluding hydrogens is 564 g/mol. The Bertz CT molecular complexity index is 771. The summed E-state index contributed by atoms with van der Waals surface area (Å²) in [5, 5.41) is 6.22. The van der Waals surface area contributed by atoms with Crippen molar-refractivity contribution in [3.63, 3.8) is 0 Å². The quantitative estimate of drug-likeness (QED) is 0.0606. The molecular formula is C42H76N2O2. The molecule has 0 aliphatic carbocycles. The lowest BCUT2D eigenvalue weighted by Gasteiger charge is -2.13. The third kappa shape index (κ3) is 34.9. The van der Waals surface area contributed by atoms with Crippen LogP contribution in [0.5, 0.6) is 0 Å². The monoisotopic (exact) mass is 641 g/mol. The van der Waals surface area contributed by atoms with E-state index in [1.807, 2.05) is 0 Å². The lowest BCUT2D eigenvalue weighted by molar-refractivity contribution is -0.122. The normalized spacial score (nSPS) is 12.3. The highest BCUT2D eigenvalue weighted by atomic mass is 16.2. The number of carbonyl (C=O) groups is 2. The van der Waals surface area contributed by atoms with Crippen LogP contribution >= 0.6 is 0 Å². The predicted octanol–water partition coefficient (Wildman–Crippen LogP) is 11.2. The maximum absolute atomic E-state index is 12.0. The van der Waals surface area contributed by atoms with Crippen molar-refractivity contribution in [3.05, 3.63) is 0 Å². The molecule has 46 heavy (non-hydrogen) atoms. The molecule has 2 amide bonds. The van der Waals surface area contributed by atoms with Crippen molar-refractivity contribution in [3.8, 4) is 23.7 Å². The Balaban J connectivity index is 3.46. The van der Waals surface area contributed by atoms with E-state index >= 15 is 0 Å². The van der Waals surface area contributed by atoms with Crippen LogP contribution in [-0.2, 0) is 9.59 Å². The summed E-state index contributed by atoms with van der Waals surface area (Å²) in [6, 6.07) is 0. The number of nitrogens with one attached hydrogen (secondary N) is 2. The van der Waals surface area contributed by atoms with Gasteiger partial charge in [-0.05, 0) is 74.0 Å². The summed E-state index contributed by atoms with van der Waals surface area (Å²) >= 11 is 0. The fourth-order valence-corrected chi connectivity index (χ4v) is 5.76. The summed E-state index contributed by atoms with van der Waals surface area (Å²) in [4.78, 5) is 24.1. The van der Waals surface area contributed by atoms with E-state index in [-0.39, 0.29) is 11.8 Å². The maximum atomic E-state index is 12.0. The Hall–Kier alpha value is -1.94. The van der Waals surface area contributed by atoms with Crippen LogP contribution in [-0.4, -0.2) is 24.9 Å². The summed E-state index contributed by atoms with van der Waals surface area (Å²) in [5.41, 5.74) is 0. The molecule has 0 aromatic carbocycles. The molecule has 4 nitrogen and oxygen atoms in total. The number of hydrogen-bond acceptors (Lipinski definition) is 2. The van der Waals surface area contributed by atoms with Gasteiger partial charge in [0.2, 0.25) is 11.8 Å². The lowest BCUT2D eigenvalue weighted by atomic mass is 9.97. The van der Waals surface area contributed by atoms with E-state index in [2.05, 4.69) is 75.9 Å². The predicted molar refractivity (Wildman–Crippen MR) is 200 cm³/mol. The van der Waals surface area contributed by atoms with Crippen molar-refractivity contribution in [2.75, 3.05) is 13.1 Å². The lowest BCUT2D eigenvalue weighted by Crippen LogP contribution is -2.25. The summed E-state index contributed by atoms with van der Waals surface area (Å²) in [6.07, 6.45) is 27.1. The molecule has 0 saturated carbocycles. The van der Waals surface area contributed by atoms with E-state index in [0.29, 0.717) is 24.7 Å². The second-order valence-electron chi connectivity index (χ2n) is 15.0. The Morgan fingerprint density at radius 2 is 0.783 bits per heavy atom. The molecule has 0 aliphatic rings. The van der Waals surface area contributed by atoms with Crippen molar-refractivity contribution < 1.29 is 9.59 Å². The maximum Gasteiger partial charge on any atom is 0.219 e.